The van der Waals surface area contributed by atoms with Crippen LogP contribution in [0.25, 0.3) is 6.08 Å². The fraction of sp³-hybridized carbons (Fsp3) is 0.385. The van der Waals surface area contributed by atoms with Gasteiger partial charge in [0.05, 0.1) is 10.6 Å². The van der Waals surface area contributed by atoms with Gasteiger partial charge in [0.25, 0.3) is 5.91 Å². The lowest BCUT2D eigenvalue weighted by Gasteiger charge is -2.13. The Kier molecular flexibility index (Phi) is 5.25. The molecule has 6 nitrogen and oxygen atoms in total. The zero-order valence-corrected chi connectivity index (χ0v) is 14.4. The van der Waals surface area contributed by atoms with Crippen molar-refractivity contribution in [3.05, 3.63) is 21.3 Å². The van der Waals surface area contributed by atoms with Gasteiger partial charge in [0, 0.05) is 25.6 Å². The SMILES string of the molecule is Cc1nn(C)c(Cl)c1/C=C1/SC(=S)N(CCCC(=O)O)C1=O. The van der Waals surface area contributed by atoms with Crippen LogP contribution in [-0.4, -0.2) is 42.5 Å². The molecule has 1 aliphatic rings. The maximum atomic E-state index is 12.4. The molecule has 118 valence electrons. The van der Waals surface area contributed by atoms with E-state index in [9.17, 15) is 9.59 Å². The number of carboxylic acids is 1. The summed E-state index contributed by atoms with van der Waals surface area (Å²) in [6.45, 7) is 2.11. The minimum Gasteiger partial charge on any atom is -0.481 e. The molecule has 0 atom stereocenters. The maximum absolute atomic E-state index is 12.4. The molecule has 0 unspecified atom stereocenters. The number of thioether (sulfide) groups is 1. The van der Waals surface area contributed by atoms with E-state index < -0.39 is 5.97 Å². The van der Waals surface area contributed by atoms with Gasteiger partial charge in [-0.25, -0.2) is 0 Å². The molecule has 0 spiro atoms. The van der Waals surface area contributed by atoms with Gasteiger partial charge in [-0.3, -0.25) is 19.2 Å². The first kappa shape index (κ1) is 17.0. The number of aliphatic carboxylic acids is 1. The molecule has 2 heterocycles. The first-order chi connectivity index (χ1) is 10.3. The summed E-state index contributed by atoms with van der Waals surface area (Å²) in [5.41, 5.74) is 1.42. The van der Waals surface area contributed by atoms with Crippen LogP contribution in [0.5, 0.6) is 0 Å². The highest BCUT2D eigenvalue weighted by Crippen LogP contribution is 2.34. The number of carbonyl (C=O) groups is 2. The Bertz CT molecular complexity index is 684. The fourth-order valence-corrected chi connectivity index (χ4v) is 3.54. The number of halogens is 1. The number of carbonyl (C=O) groups excluding carboxylic acids is 1. The van der Waals surface area contributed by atoms with Crippen molar-refractivity contribution in [1.29, 1.82) is 0 Å². The molecule has 0 aromatic carbocycles. The van der Waals surface area contributed by atoms with E-state index in [2.05, 4.69) is 5.10 Å². The number of nitrogens with zero attached hydrogens (tertiary/aromatic N) is 3. The van der Waals surface area contributed by atoms with Crippen LogP contribution in [0.2, 0.25) is 5.15 Å². The molecular formula is C13H14ClN3O3S2. The van der Waals surface area contributed by atoms with Gasteiger partial charge in [-0.05, 0) is 19.4 Å². The van der Waals surface area contributed by atoms with Crippen LogP contribution in [0.4, 0.5) is 0 Å². The van der Waals surface area contributed by atoms with Crippen LogP contribution in [0.1, 0.15) is 24.1 Å². The Labute approximate surface area is 142 Å². The second-order valence-corrected chi connectivity index (χ2v) is 6.78. The molecule has 0 radical (unpaired) electrons. The smallest absolute Gasteiger partial charge is 0.303 e. The molecule has 1 aromatic rings. The van der Waals surface area contributed by atoms with Crippen molar-refractivity contribution < 1.29 is 14.7 Å². The van der Waals surface area contributed by atoms with Crippen molar-refractivity contribution in [1.82, 2.24) is 14.7 Å². The number of amides is 1. The average molecular weight is 360 g/mol. The van der Waals surface area contributed by atoms with E-state index in [1.807, 2.05) is 6.92 Å². The van der Waals surface area contributed by atoms with Gasteiger partial charge in [-0.1, -0.05) is 35.6 Å². The fourth-order valence-electron chi connectivity index (χ4n) is 2.02. The number of hydrogen-bond acceptors (Lipinski definition) is 5. The zero-order chi connectivity index (χ0) is 16.4. The van der Waals surface area contributed by atoms with Crippen molar-refractivity contribution >= 4 is 57.9 Å². The highest BCUT2D eigenvalue weighted by molar-refractivity contribution is 8.26. The molecule has 1 aliphatic heterocycles. The first-order valence-electron chi connectivity index (χ1n) is 6.47. The highest BCUT2D eigenvalue weighted by Gasteiger charge is 2.32. The minimum atomic E-state index is -0.890. The molecule has 0 bridgehead atoms. The van der Waals surface area contributed by atoms with Gasteiger partial charge in [-0.15, -0.1) is 0 Å². The predicted molar refractivity (Wildman–Crippen MR) is 89.7 cm³/mol. The molecule has 22 heavy (non-hydrogen) atoms. The Balaban J connectivity index is 2.17. The second-order valence-electron chi connectivity index (χ2n) is 4.74. The second kappa shape index (κ2) is 6.80. The Morgan fingerprint density at radius 3 is 2.77 bits per heavy atom. The van der Waals surface area contributed by atoms with Gasteiger partial charge in [0.1, 0.15) is 9.47 Å². The topological polar surface area (TPSA) is 75.4 Å². The lowest BCUT2D eigenvalue weighted by atomic mass is 10.2. The number of hydrogen-bond donors (Lipinski definition) is 1. The molecular weight excluding hydrogens is 346 g/mol. The van der Waals surface area contributed by atoms with Crippen molar-refractivity contribution in [3.63, 3.8) is 0 Å². The van der Waals surface area contributed by atoms with Crippen molar-refractivity contribution in [2.24, 2.45) is 7.05 Å². The van der Waals surface area contributed by atoms with Crippen LogP contribution in [-0.2, 0) is 16.6 Å². The number of rotatable bonds is 5. The highest BCUT2D eigenvalue weighted by atomic mass is 35.5. The summed E-state index contributed by atoms with van der Waals surface area (Å²) in [5, 5.41) is 13.3. The van der Waals surface area contributed by atoms with E-state index in [1.54, 1.807) is 13.1 Å². The van der Waals surface area contributed by atoms with Gasteiger partial charge in [-0.2, -0.15) is 5.10 Å². The minimum absolute atomic E-state index is 0.00362. The summed E-state index contributed by atoms with van der Waals surface area (Å²) in [7, 11) is 1.73. The van der Waals surface area contributed by atoms with Gasteiger partial charge in [0.15, 0.2) is 0 Å². The van der Waals surface area contributed by atoms with E-state index in [4.69, 9.17) is 28.9 Å². The molecule has 0 aliphatic carbocycles. The van der Waals surface area contributed by atoms with Crippen LogP contribution in [0.15, 0.2) is 4.91 Å². The van der Waals surface area contributed by atoms with Gasteiger partial charge >= 0.3 is 5.97 Å². The number of aromatic nitrogens is 2. The van der Waals surface area contributed by atoms with Crippen molar-refractivity contribution in [2.45, 2.75) is 19.8 Å². The number of thiocarbonyl (C=S) groups is 1. The van der Waals surface area contributed by atoms with E-state index in [0.29, 0.717) is 32.9 Å². The van der Waals surface area contributed by atoms with Crippen LogP contribution < -0.4 is 0 Å². The Hall–Kier alpha value is -1.38. The molecule has 1 fully saturated rings. The normalized spacial score (nSPS) is 16.9. The number of aryl methyl sites for hydroxylation is 2. The zero-order valence-electron chi connectivity index (χ0n) is 12.0. The third-order valence-electron chi connectivity index (χ3n) is 3.12. The molecule has 0 saturated carbocycles. The summed E-state index contributed by atoms with van der Waals surface area (Å²) < 4.78 is 1.97. The summed E-state index contributed by atoms with van der Waals surface area (Å²) in [6.07, 6.45) is 2.05. The van der Waals surface area contributed by atoms with Crippen LogP contribution in [0, 0.1) is 6.92 Å². The van der Waals surface area contributed by atoms with E-state index in [0.717, 1.165) is 5.69 Å². The van der Waals surface area contributed by atoms with Gasteiger partial charge in [0.2, 0.25) is 0 Å². The molecule has 2 rings (SSSR count). The Morgan fingerprint density at radius 1 is 1.55 bits per heavy atom. The molecule has 1 saturated heterocycles. The third-order valence-corrected chi connectivity index (χ3v) is 4.94. The standard InChI is InChI=1S/C13H14ClN3O3S2/c1-7-8(11(14)16(2)15-7)6-9-12(20)17(13(21)22-9)5-3-4-10(18)19/h6H,3-5H2,1-2H3,(H,18,19)/b9-6+. The number of carboxylic acid groups (broad SMARTS) is 1. The maximum Gasteiger partial charge on any atom is 0.303 e. The first-order valence-corrected chi connectivity index (χ1v) is 8.07. The van der Waals surface area contributed by atoms with Crippen molar-refractivity contribution in [3.8, 4) is 0 Å². The lowest BCUT2D eigenvalue weighted by molar-refractivity contribution is -0.137. The average Bonchev–Trinajstić information content (AvgIpc) is 2.83. The molecule has 1 amide bonds. The molecule has 1 aromatic heterocycles. The van der Waals surface area contributed by atoms with Crippen molar-refractivity contribution in [2.75, 3.05) is 6.54 Å². The summed E-state index contributed by atoms with van der Waals surface area (Å²) in [4.78, 5) is 24.8. The Morgan fingerprint density at radius 2 is 2.23 bits per heavy atom. The van der Waals surface area contributed by atoms with Gasteiger partial charge < -0.3 is 5.11 Å². The monoisotopic (exact) mass is 359 g/mol. The summed E-state index contributed by atoms with van der Waals surface area (Å²) in [6, 6.07) is 0. The molecule has 1 N–H and O–H groups in total. The molecule has 9 heteroatoms. The van der Waals surface area contributed by atoms with Crippen LogP contribution in [0.3, 0.4) is 0 Å². The summed E-state index contributed by atoms with van der Waals surface area (Å²) in [5.74, 6) is -1.11. The van der Waals surface area contributed by atoms with E-state index in [1.165, 1.54) is 21.3 Å². The van der Waals surface area contributed by atoms with E-state index in [-0.39, 0.29) is 12.3 Å². The summed E-state index contributed by atoms with van der Waals surface area (Å²) >= 11 is 12.5. The van der Waals surface area contributed by atoms with E-state index >= 15 is 0 Å². The predicted octanol–water partition coefficient (Wildman–Crippen LogP) is 2.45. The van der Waals surface area contributed by atoms with Crippen LogP contribution >= 0.6 is 35.6 Å². The largest absolute Gasteiger partial charge is 0.481 e. The lowest BCUT2D eigenvalue weighted by Crippen LogP contribution is -2.29. The quantitative estimate of drug-likeness (QED) is 0.643. The third kappa shape index (κ3) is 3.50.